The number of sulfonamides is 1. The van der Waals surface area contributed by atoms with Crippen molar-refractivity contribution in [3.05, 3.63) is 64.7 Å². The summed E-state index contributed by atoms with van der Waals surface area (Å²) >= 11 is 6.00. The summed E-state index contributed by atoms with van der Waals surface area (Å²) in [4.78, 5) is 28.0. The van der Waals surface area contributed by atoms with Gasteiger partial charge in [-0.1, -0.05) is 49.7 Å². The maximum atomic E-state index is 13.6. The largest absolute Gasteiger partial charge is 0.352 e. The second-order valence-electron chi connectivity index (χ2n) is 8.53. The van der Waals surface area contributed by atoms with Crippen molar-refractivity contribution in [3.63, 3.8) is 0 Å². The molecule has 0 heterocycles. The summed E-state index contributed by atoms with van der Waals surface area (Å²) in [5.41, 5.74) is 2.25. The van der Waals surface area contributed by atoms with Gasteiger partial charge in [0, 0.05) is 17.6 Å². The first-order valence-corrected chi connectivity index (χ1v) is 13.6. The van der Waals surface area contributed by atoms with Crippen LogP contribution in [-0.4, -0.2) is 50.0 Å². The van der Waals surface area contributed by atoms with Crippen molar-refractivity contribution >= 4 is 39.1 Å². The highest BCUT2D eigenvalue weighted by atomic mass is 35.5. The van der Waals surface area contributed by atoms with Gasteiger partial charge in [0.2, 0.25) is 21.8 Å². The summed E-state index contributed by atoms with van der Waals surface area (Å²) < 4.78 is 26.3. The fraction of sp³-hybridized carbons (Fsp3) is 0.440. The van der Waals surface area contributed by atoms with Crippen LogP contribution in [0, 0.1) is 0 Å². The Bertz CT molecular complexity index is 1070. The number of nitrogens with zero attached hydrogens (tertiary/aromatic N) is 2. The molecule has 0 radical (unpaired) electrons. The van der Waals surface area contributed by atoms with E-state index in [1.807, 2.05) is 39.8 Å². The summed E-state index contributed by atoms with van der Waals surface area (Å²) in [5.74, 6) is -0.747. The normalized spacial score (nSPS) is 12.3. The van der Waals surface area contributed by atoms with Crippen LogP contribution in [0.3, 0.4) is 0 Å². The number of hydrogen-bond acceptors (Lipinski definition) is 4. The third-order valence-electron chi connectivity index (χ3n) is 5.39. The van der Waals surface area contributed by atoms with Crippen molar-refractivity contribution in [2.24, 2.45) is 0 Å². The van der Waals surface area contributed by atoms with E-state index >= 15 is 0 Å². The van der Waals surface area contributed by atoms with Crippen LogP contribution in [0.4, 0.5) is 5.69 Å². The number of carbonyl (C=O) groups is 2. The van der Waals surface area contributed by atoms with E-state index in [9.17, 15) is 18.0 Å². The second-order valence-corrected chi connectivity index (χ2v) is 10.9. The molecule has 0 fully saturated rings. The Labute approximate surface area is 208 Å². The first-order chi connectivity index (χ1) is 16.0. The van der Waals surface area contributed by atoms with E-state index in [1.54, 1.807) is 36.4 Å². The second kappa shape index (κ2) is 12.2. The maximum absolute atomic E-state index is 13.6. The molecule has 2 aromatic carbocycles. The van der Waals surface area contributed by atoms with Gasteiger partial charge < -0.3 is 10.2 Å². The van der Waals surface area contributed by atoms with Gasteiger partial charge in [0.05, 0.1) is 11.9 Å². The minimum atomic E-state index is -3.75. The van der Waals surface area contributed by atoms with Gasteiger partial charge in [-0.05, 0) is 62.1 Å². The van der Waals surface area contributed by atoms with E-state index in [0.29, 0.717) is 17.1 Å². The van der Waals surface area contributed by atoms with Gasteiger partial charge >= 0.3 is 0 Å². The van der Waals surface area contributed by atoms with Crippen LogP contribution in [0.25, 0.3) is 0 Å². The zero-order valence-corrected chi connectivity index (χ0v) is 22.0. The molecule has 0 aliphatic carbocycles. The van der Waals surface area contributed by atoms with Crippen LogP contribution in [0.2, 0.25) is 5.02 Å². The number of halogens is 1. The third-order valence-corrected chi connectivity index (χ3v) is 6.79. The Morgan fingerprint density at radius 2 is 1.53 bits per heavy atom. The Morgan fingerprint density at radius 3 is 2.00 bits per heavy atom. The van der Waals surface area contributed by atoms with Crippen molar-refractivity contribution in [3.8, 4) is 0 Å². The quantitative estimate of drug-likeness (QED) is 0.498. The monoisotopic (exact) mass is 507 g/mol. The molecule has 0 aliphatic heterocycles. The van der Waals surface area contributed by atoms with Crippen molar-refractivity contribution in [1.29, 1.82) is 0 Å². The molecule has 0 saturated heterocycles. The SMILES string of the molecule is CCc1ccc(N(CC(=O)N(Cc2ccc(Cl)cc2)[C@@H](CC)C(=O)NC(C)C)S(C)(=O)=O)cc1. The van der Waals surface area contributed by atoms with Crippen LogP contribution in [-0.2, 0) is 32.6 Å². The number of nitrogens with one attached hydrogen (secondary N) is 1. The van der Waals surface area contributed by atoms with Gasteiger partial charge in [-0.2, -0.15) is 0 Å². The maximum Gasteiger partial charge on any atom is 0.244 e. The Hall–Kier alpha value is -2.58. The molecule has 0 unspecified atom stereocenters. The first kappa shape index (κ1) is 27.7. The Balaban J connectivity index is 2.42. The molecule has 0 spiro atoms. The van der Waals surface area contributed by atoms with E-state index in [0.717, 1.165) is 28.1 Å². The van der Waals surface area contributed by atoms with E-state index in [2.05, 4.69) is 5.32 Å². The van der Waals surface area contributed by atoms with Crippen LogP contribution >= 0.6 is 11.6 Å². The van der Waals surface area contributed by atoms with E-state index in [-0.39, 0.29) is 18.5 Å². The molecule has 0 aliphatic rings. The van der Waals surface area contributed by atoms with Crippen molar-refractivity contribution in [2.75, 3.05) is 17.1 Å². The van der Waals surface area contributed by atoms with E-state index in [4.69, 9.17) is 11.6 Å². The zero-order valence-electron chi connectivity index (χ0n) is 20.4. The fourth-order valence-corrected chi connectivity index (χ4v) is 4.57. The number of anilines is 1. The van der Waals surface area contributed by atoms with E-state index < -0.39 is 28.5 Å². The van der Waals surface area contributed by atoms with Crippen LogP contribution in [0.15, 0.2) is 48.5 Å². The lowest BCUT2D eigenvalue weighted by Crippen LogP contribution is -2.53. The van der Waals surface area contributed by atoms with Gasteiger partial charge in [-0.25, -0.2) is 8.42 Å². The number of benzene rings is 2. The molecular formula is C25H34ClN3O4S. The summed E-state index contributed by atoms with van der Waals surface area (Å²) in [7, 11) is -3.75. The lowest BCUT2D eigenvalue weighted by Gasteiger charge is -2.33. The predicted molar refractivity (Wildman–Crippen MR) is 137 cm³/mol. The van der Waals surface area contributed by atoms with Crippen molar-refractivity contribution in [1.82, 2.24) is 10.2 Å². The third kappa shape index (κ3) is 7.74. The number of carbonyl (C=O) groups excluding carboxylic acids is 2. The number of amides is 2. The smallest absolute Gasteiger partial charge is 0.244 e. The molecule has 1 atom stereocenters. The number of rotatable bonds is 11. The average Bonchev–Trinajstić information content (AvgIpc) is 2.77. The molecule has 2 aromatic rings. The molecular weight excluding hydrogens is 474 g/mol. The van der Waals surface area contributed by atoms with Crippen LogP contribution in [0.1, 0.15) is 45.2 Å². The average molecular weight is 508 g/mol. The van der Waals surface area contributed by atoms with E-state index in [1.165, 1.54) is 4.90 Å². The highest BCUT2D eigenvalue weighted by Crippen LogP contribution is 2.21. The summed E-state index contributed by atoms with van der Waals surface area (Å²) in [6.07, 6.45) is 2.26. The first-order valence-electron chi connectivity index (χ1n) is 11.4. The molecule has 0 bridgehead atoms. The lowest BCUT2D eigenvalue weighted by molar-refractivity contribution is -0.140. The standard InChI is InChI=1S/C25H34ClN3O4S/c1-6-19-10-14-22(15-11-19)29(34(5,32)33)17-24(30)28(16-20-8-12-21(26)13-9-20)23(7-2)25(31)27-18(3)4/h8-15,18,23H,6-7,16-17H2,1-5H3,(H,27,31)/t23-/m0/s1. The summed E-state index contributed by atoms with van der Waals surface area (Å²) in [6, 6.07) is 13.2. The van der Waals surface area contributed by atoms with Gasteiger partial charge in [0.1, 0.15) is 12.6 Å². The molecule has 1 N–H and O–H groups in total. The number of hydrogen-bond donors (Lipinski definition) is 1. The van der Waals surface area contributed by atoms with Gasteiger partial charge in [-0.3, -0.25) is 13.9 Å². The highest BCUT2D eigenvalue weighted by Gasteiger charge is 2.31. The van der Waals surface area contributed by atoms with Gasteiger partial charge in [-0.15, -0.1) is 0 Å². The lowest BCUT2D eigenvalue weighted by atomic mass is 10.1. The molecule has 9 heteroatoms. The minimum Gasteiger partial charge on any atom is -0.352 e. The summed E-state index contributed by atoms with van der Waals surface area (Å²) in [5, 5.41) is 3.43. The fourth-order valence-electron chi connectivity index (χ4n) is 3.60. The Morgan fingerprint density at radius 1 is 0.971 bits per heavy atom. The topological polar surface area (TPSA) is 86.8 Å². The minimum absolute atomic E-state index is 0.0985. The predicted octanol–water partition coefficient (Wildman–Crippen LogP) is 4.00. The Kier molecular flexibility index (Phi) is 9.94. The molecule has 34 heavy (non-hydrogen) atoms. The van der Waals surface area contributed by atoms with Crippen molar-refractivity contribution in [2.45, 2.75) is 59.2 Å². The summed E-state index contributed by atoms with van der Waals surface area (Å²) in [6.45, 7) is 7.26. The van der Waals surface area contributed by atoms with Gasteiger partial charge in [0.25, 0.3) is 0 Å². The molecule has 2 amide bonds. The molecule has 0 saturated carbocycles. The number of aryl methyl sites for hydroxylation is 1. The highest BCUT2D eigenvalue weighted by molar-refractivity contribution is 7.92. The van der Waals surface area contributed by atoms with Gasteiger partial charge in [0.15, 0.2) is 0 Å². The van der Waals surface area contributed by atoms with Crippen LogP contribution in [0.5, 0.6) is 0 Å². The molecule has 2 rings (SSSR count). The zero-order chi connectivity index (χ0) is 25.5. The van der Waals surface area contributed by atoms with Crippen molar-refractivity contribution < 1.29 is 18.0 Å². The molecule has 0 aromatic heterocycles. The molecule has 7 nitrogen and oxygen atoms in total. The molecule has 186 valence electrons. The van der Waals surface area contributed by atoms with Crippen LogP contribution < -0.4 is 9.62 Å².